The molecule has 0 saturated carbocycles. The number of anilines is 2. The first kappa shape index (κ1) is 17.1. The van der Waals surface area contributed by atoms with E-state index < -0.39 is 0 Å². The van der Waals surface area contributed by atoms with E-state index in [1.807, 2.05) is 0 Å². The highest BCUT2D eigenvalue weighted by Gasteiger charge is 2.23. The van der Waals surface area contributed by atoms with Gasteiger partial charge in [0.2, 0.25) is 0 Å². The topological polar surface area (TPSA) is 73.9 Å². The molecule has 1 aromatic carbocycles. The number of nitrogens with zero attached hydrogens (tertiary/aromatic N) is 2. The van der Waals surface area contributed by atoms with Gasteiger partial charge in [0.05, 0.1) is 6.54 Å². The molecule has 1 fully saturated rings. The molecule has 3 amide bonds. The van der Waals surface area contributed by atoms with Crippen molar-refractivity contribution in [3.8, 4) is 0 Å². The van der Waals surface area contributed by atoms with E-state index in [1.165, 1.54) is 0 Å². The summed E-state index contributed by atoms with van der Waals surface area (Å²) < 4.78 is 4.90. The second-order valence-electron chi connectivity index (χ2n) is 5.22. The van der Waals surface area contributed by atoms with Crippen LogP contribution in [0.25, 0.3) is 0 Å². The van der Waals surface area contributed by atoms with Crippen molar-refractivity contribution in [1.29, 1.82) is 0 Å². The summed E-state index contributed by atoms with van der Waals surface area (Å²) in [6.07, 6.45) is -0.333. The highest BCUT2D eigenvalue weighted by Crippen LogP contribution is 2.20. The van der Waals surface area contributed by atoms with Gasteiger partial charge in [-0.05, 0) is 37.4 Å². The van der Waals surface area contributed by atoms with Gasteiger partial charge in [-0.15, -0.1) is 0 Å². The molecule has 23 heavy (non-hydrogen) atoms. The SMILES string of the molecule is CCN(CC)CCNC(=O)Nc1ccc(N2CCOC2=O)cc1. The van der Waals surface area contributed by atoms with Crippen LogP contribution >= 0.6 is 0 Å². The minimum absolute atomic E-state index is 0.231. The Bertz CT molecular complexity index is 529. The Balaban J connectivity index is 1.79. The number of benzene rings is 1. The fourth-order valence-electron chi connectivity index (χ4n) is 2.40. The van der Waals surface area contributed by atoms with Crippen LogP contribution in [0.4, 0.5) is 21.0 Å². The quantitative estimate of drug-likeness (QED) is 0.807. The third kappa shape index (κ3) is 4.85. The van der Waals surface area contributed by atoms with Crippen LogP contribution in [-0.2, 0) is 4.74 Å². The molecule has 2 N–H and O–H groups in total. The van der Waals surface area contributed by atoms with Gasteiger partial charge in [0.15, 0.2) is 0 Å². The van der Waals surface area contributed by atoms with Crippen LogP contribution in [0.1, 0.15) is 13.8 Å². The number of hydrogen-bond donors (Lipinski definition) is 2. The molecule has 0 unspecified atom stereocenters. The molecule has 0 aliphatic carbocycles. The normalized spacial score (nSPS) is 14.0. The van der Waals surface area contributed by atoms with Crippen LogP contribution in [0.3, 0.4) is 0 Å². The Morgan fingerprint density at radius 3 is 2.52 bits per heavy atom. The summed E-state index contributed by atoms with van der Waals surface area (Å²) in [5.41, 5.74) is 1.45. The summed E-state index contributed by atoms with van der Waals surface area (Å²) in [4.78, 5) is 27.1. The maximum atomic E-state index is 11.8. The van der Waals surface area contributed by atoms with Gasteiger partial charge in [-0.2, -0.15) is 0 Å². The molecule has 7 nitrogen and oxygen atoms in total. The third-order valence-electron chi connectivity index (χ3n) is 3.81. The van der Waals surface area contributed by atoms with Crippen molar-refractivity contribution in [1.82, 2.24) is 10.2 Å². The fraction of sp³-hybridized carbons (Fsp3) is 0.500. The van der Waals surface area contributed by atoms with Crippen molar-refractivity contribution in [3.63, 3.8) is 0 Å². The van der Waals surface area contributed by atoms with Crippen molar-refractivity contribution < 1.29 is 14.3 Å². The first-order valence-corrected chi connectivity index (χ1v) is 7.95. The summed E-state index contributed by atoms with van der Waals surface area (Å²) >= 11 is 0. The molecule has 0 aromatic heterocycles. The van der Waals surface area contributed by atoms with E-state index in [2.05, 4.69) is 29.4 Å². The summed E-state index contributed by atoms with van der Waals surface area (Å²) in [7, 11) is 0. The standard InChI is InChI=1S/C16H24N4O3/c1-3-19(4-2)10-9-17-15(21)18-13-5-7-14(8-6-13)20-11-12-23-16(20)22/h5-8H,3-4,9-12H2,1-2H3,(H2,17,18,21). The number of amides is 3. The first-order valence-electron chi connectivity index (χ1n) is 7.95. The van der Waals surface area contributed by atoms with Crippen LogP contribution < -0.4 is 15.5 Å². The van der Waals surface area contributed by atoms with Crippen LogP contribution in [-0.4, -0.2) is 56.4 Å². The fourth-order valence-corrected chi connectivity index (χ4v) is 2.40. The number of nitrogens with one attached hydrogen (secondary N) is 2. The lowest BCUT2D eigenvalue weighted by molar-refractivity contribution is 0.181. The van der Waals surface area contributed by atoms with E-state index >= 15 is 0 Å². The molecule has 2 rings (SSSR count). The zero-order chi connectivity index (χ0) is 16.7. The predicted octanol–water partition coefficient (Wildman–Crippen LogP) is 2.11. The molecule has 0 atom stereocenters. The number of cyclic esters (lactones) is 1. The molecule has 0 spiro atoms. The second-order valence-corrected chi connectivity index (χ2v) is 5.22. The van der Waals surface area contributed by atoms with Crippen molar-refractivity contribution in [2.24, 2.45) is 0 Å². The molecule has 1 heterocycles. The zero-order valence-corrected chi connectivity index (χ0v) is 13.7. The summed E-state index contributed by atoms with van der Waals surface area (Å²) in [6.45, 7) is 8.54. The van der Waals surface area contributed by atoms with Gasteiger partial charge in [-0.1, -0.05) is 13.8 Å². The van der Waals surface area contributed by atoms with E-state index in [-0.39, 0.29) is 12.1 Å². The Labute approximate surface area is 136 Å². The van der Waals surface area contributed by atoms with Gasteiger partial charge < -0.3 is 20.3 Å². The Morgan fingerprint density at radius 1 is 1.26 bits per heavy atom. The zero-order valence-electron chi connectivity index (χ0n) is 13.7. The lowest BCUT2D eigenvalue weighted by Crippen LogP contribution is -2.36. The minimum atomic E-state index is -0.333. The van der Waals surface area contributed by atoms with Crippen molar-refractivity contribution in [2.75, 3.05) is 49.5 Å². The van der Waals surface area contributed by atoms with E-state index in [0.29, 0.717) is 25.4 Å². The molecule has 7 heteroatoms. The predicted molar refractivity (Wildman–Crippen MR) is 89.9 cm³/mol. The van der Waals surface area contributed by atoms with E-state index in [4.69, 9.17) is 4.74 Å². The van der Waals surface area contributed by atoms with Gasteiger partial charge in [-0.25, -0.2) is 9.59 Å². The van der Waals surface area contributed by atoms with Crippen LogP contribution in [0.5, 0.6) is 0 Å². The van der Waals surface area contributed by atoms with Crippen LogP contribution in [0.15, 0.2) is 24.3 Å². The number of likely N-dealkylation sites (N-methyl/N-ethyl adjacent to an activating group) is 1. The molecular weight excluding hydrogens is 296 g/mol. The number of hydrogen-bond acceptors (Lipinski definition) is 4. The maximum absolute atomic E-state index is 11.8. The van der Waals surface area contributed by atoms with E-state index in [1.54, 1.807) is 29.2 Å². The molecule has 1 aromatic rings. The smallest absolute Gasteiger partial charge is 0.414 e. The Morgan fingerprint density at radius 2 is 1.96 bits per heavy atom. The average Bonchev–Trinajstić information content (AvgIpc) is 2.98. The maximum Gasteiger partial charge on any atom is 0.414 e. The largest absolute Gasteiger partial charge is 0.447 e. The lowest BCUT2D eigenvalue weighted by Gasteiger charge is -2.18. The van der Waals surface area contributed by atoms with Gasteiger partial charge in [0.25, 0.3) is 0 Å². The first-order chi connectivity index (χ1) is 11.1. The van der Waals surface area contributed by atoms with Gasteiger partial charge in [0, 0.05) is 24.5 Å². The van der Waals surface area contributed by atoms with E-state index in [9.17, 15) is 9.59 Å². The van der Waals surface area contributed by atoms with Crippen molar-refractivity contribution in [3.05, 3.63) is 24.3 Å². The van der Waals surface area contributed by atoms with Gasteiger partial charge >= 0.3 is 12.1 Å². The van der Waals surface area contributed by atoms with E-state index in [0.717, 1.165) is 25.3 Å². The van der Waals surface area contributed by atoms with Crippen LogP contribution in [0.2, 0.25) is 0 Å². The summed E-state index contributed by atoms with van der Waals surface area (Å²) in [6, 6.07) is 6.89. The highest BCUT2D eigenvalue weighted by molar-refractivity contribution is 5.91. The van der Waals surface area contributed by atoms with Crippen molar-refractivity contribution >= 4 is 23.5 Å². The molecule has 0 radical (unpaired) electrons. The lowest BCUT2D eigenvalue weighted by atomic mass is 10.2. The van der Waals surface area contributed by atoms with Gasteiger partial charge in [0.1, 0.15) is 6.61 Å². The van der Waals surface area contributed by atoms with Crippen LogP contribution in [0, 0.1) is 0 Å². The molecular formula is C16H24N4O3. The molecule has 1 aliphatic rings. The third-order valence-corrected chi connectivity index (χ3v) is 3.81. The van der Waals surface area contributed by atoms with Gasteiger partial charge in [-0.3, -0.25) is 4.90 Å². The number of urea groups is 1. The Hall–Kier alpha value is -2.28. The molecule has 1 aliphatic heterocycles. The highest BCUT2D eigenvalue weighted by atomic mass is 16.6. The molecule has 126 valence electrons. The monoisotopic (exact) mass is 320 g/mol. The summed E-state index contributed by atoms with van der Waals surface area (Å²) in [5.74, 6) is 0. The average molecular weight is 320 g/mol. The molecule has 1 saturated heterocycles. The second kappa shape index (κ2) is 8.38. The van der Waals surface area contributed by atoms with Crippen molar-refractivity contribution in [2.45, 2.75) is 13.8 Å². The molecule has 0 bridgehead atoms. The number of ether oxygens (including phenoxy) is 1. The number of carbonyl (C=O) groups is 2. The number of rotatable bonds is 7. The minimum Gasteiger partial charge on any atom is -0.447 e. The Kier molecular flexibility index (Phi) is 6.22. The summed E-state index contributed by atoms with van der Waals surface area (Å²) in [5, 5.41) is 5.61. The number of carbonyl (C=O) groups excluding carboxylic acids is 2.